The highest BCUT2D eigenvalue weighted by Gasteiger charge is 2.17. The zero-order valence-corrected chi connectivity index (χ0v) is 14.5. The topological polar surface area (TPSA) is 49.4 Å². The van der Waals surface area contributed by atoms with Crippen molar-refractivity contribution >= 4 is 17.4 Å². The summed E-state index contributed by atoms with van der Waals surface area (Å²) in [6.07, 6.45) is 0. The smallest absolute Gasteiger partial charge is 0.242 e. The molecular weight excluding hydrogens is 300 g/mol. The molecule has 2 aromatic carbocycles. The minimum absolute atomic E-state index is 0.0338. The third-order valence-corrected chi connectivity index (χ3v) is 3.87. The van der Waals surface area contributed by atoms with Crippen molar-refractivity contribution in [3.05, 3.63) is 65.7 Å². The second kappa shape index (κ2) is 8.29. The molecule has 4 heteroatoms. The first kappa shape index (κ1) is 17.7. The van der Waals surface area contributed by atoms with Gasteiger partial charge in [0.05, 0.1) is 6.54 Å². The summed E-state index contributed by atoms with van der Waals surface area (Å²) in [4.78, 5) is 25.7. The van der Waals surface area contributed by atoms with Crippen LogP contribution in [0.4, 0.5) is 5.69 Å². The number of anilines is 1. The van der Waals surface area contributed by atoms with Gasteiger partial charge in [-0.25, -0.2) is 0 Å². The van der Waals surface area contributed by atoms with E-state index in [9.17, 15) is 9.59 Å². The highest BCUT2D eigenvalue weighted by atomic mass is 16.2. The Balaban J connectivity index is 1.96. The molecule has 0 spiro atoms. The van der Waals surface area contributed by atoms with Crippen LogP contribution < -0.4 is 5.32 Å². The molecule has 0 aliphatic carbocycles. The van der Waals surface area contributed by atoms with Crippen molar-refractivity contribution in [1.29, 1.82) is 0 Å². The van der Waals surface area contributed by atoms with E-state index in [1.807, 2.05) is 61.2 Å². The lowest BCUT2D eigenvalue weighted by atomic mass is 10.1. The number of rotatable bonds is 7. The Morgan fingerprint density at radius 1 is 1.00 bits per heavy atom. The first-order valence-electron chi connectivity index (χ1n) is 8.15. The number of amides is 1. The van der Waals surface area contributed by atoms with E-state index in [2.05, 4.69) is 5.32 Å². The van der Waals surface area contributed by atoms with Crippen molar-refractivity contribution in [2.24, 2.45) is 0 Å². The SMILES string of the molecule is CC(=O)c1ccc(NCC(=O)N(Cc2ccccc2)C(C)C)cc1. The van der Waals surface area contributed by atoms with E-state index in [-0.39, 0.29) is 24.3 Å². The third-order valence-electron chi connectivity index (χ3n) is 3.87. The fourth-order valence-corrected chi connectivity index (χ4v) is 2.44. The standard InChI is InChI=1S/C20H24N2O2/c1-15(2)22(14-17-7-5-4-6-8-17)20(24)13-21-19-11-9-18(10-12-19)16(3)23/h4-12,15,21H,13-14H2,1-3H3. The Morgan fingerprint density at radius 2 is 1.62 bits per heavy atom. The van der Waals surface area contributed by atoms with E-state index < -0.39 is 0 Å². The van der Waals surface area contributed by atoms with E-state index in [1.165, 1.54) is 6.92 Å². The van der Waals surface area contributed by atoms with Crippen LogP contribution in [0, 0.1) is 0 Å². The summed E-state index contributed by atoms with van der Waals surface area (Å²) in [6.45, 7) is 6.40. The summed E-state index contributed by atoms with van der Waals surface area (Å²) in [5.41, 5.74) is 2.61. The average molecular weight is 324 g/mol. The number of nitrogens with zero attached hydrogens (tertiary/aromatic N) is 1. The van der Waals surface area contributed by atoms with E-state index in [0.717, 1.165) is 11.3 Å². The number of Topliss-reactive ketones (excluding diaryl/α,β-unsaturated/α-hetero) is 1. The number of nitrogens with one attached hydrogen (secondary N) is 1. The molecule has 0 unspecified atom stereocenters. The maximum atomic E-state index is 12.5. The second-order valence-corrected chi connectivity index (χ2v) is 6.09. The van der Waals surface area contributed by atoms with Crippen molar-refractivity contribution in [2.45, 2.75) is 33.4 Å². The molecule has 0 saturated heterocycles. The minimum atomic E-state index is 0.0338. The number of carbonyl (C=O) groups is 2. The van der Waals surface area contributed by atoms with Crippen LogP contribution in [0.5, 0.6) is 0 Å². The van der Waals surface area contributed by atoms with Gasteiger partial charge in [0.15, 0.2) is 5.78 Å². The van der Waals surface area contributed by atoms with Crippen LogP contribution in [0.15, 0.2) is 54.6 Å². The molecule has 126 valence electrons. The van der Waals surface area contributed by atoms with Crippen LogP contribution in [0.2, 0.25) is 0 Å². The lowest BCUT2D eigenvalue weighted by Gasteiger charge is -2.27. The summed E-state index contributed by atoms with van der Waals surface area (Å²) < 4.78 is 0. The zero-order valence-electron chi connectivity index (χ0n) is 14.5. The van der Waals surface area contributed by atoms with Crippen molar-refractivity contribution in [2.75, 3.05) is 11.9 Å². The Morgan fingerprint density at radius 3 is 2.17 bits per heavy atom. The lowest BCUT2D eigenvalue weighted by Crippen LogP contribution is -2.39. The van der Waals surface area contributed by atoms with Gasteiger partial charge >= 0.3 is 0 Å². The predicted octanol–water partition coefficient (Wildman–Crippen LogP) is 3.74. The molecule has 4 nitrogen and oxygen atoms in total. The first-order chi connectivity index (χ1) is 11.5. The highest BCUT2D eigenvalue weighted by Crippen LogP contribution is 2.12. The van der Waals surface area contributed by atoms with Crippen LogP contribution in [0.25, 0.3) is 0 Å². The van der Waals surface area contributed by atoms with Crippen LogP contribution in [0.3, 0.4) is 0 Å². The van der Waals surface area contributed by atoms with Crippen LogP contribution in [-0.2, 0) is 11.3 Å². The Labute approximate surface area is 143 Å². The number of benzene rings is 2. The molecule has 1 amide bonds. The Bertz CT molecular complexity index is 679. The first-order valence-corrected chi connectivity index (χ1v) is 8.15. The van der Waals surface area contributed by atoms with Crippen LogP contribution in [0.1, 0.15) is 36.7 Å². The molecule has 0 radical (unpaired) electrons. The lowest BCUT2D eigenvalue weighted by molar-refractivity contribution is -0.131. The molecule has 0 aliphatic heterocycles. The van der Waals surface area contributed by atoms with Gasteiger partial charge in [0.25, 0.3) is 0 Å². The van der Waals surface area contributed by atoms with E-state index in [4.69, 9.17) is 0 Å². The Kier molecular flexibility index (Phi) is 6.13. The largest absolute Gasteiger partial charge is 0.376 e. The minimum Gasteiger partial charge on any atom is -0.376 e. The molecular formula is C20H24N2O2. The van der Waals surface area contributed by atoms with Crippen LogP contribution in [-0.4, -0.2) is 29.2 Å². The summed E-state index contributed by atoms with van der Waals surface area (Å²) in [6, 6.07) is 17.3. The van der Waals surface area contributed by atoms with Crippen molar-refractivity contribution in [3.63, 3.8) is 0 Å². The van der Waals surface area contributed by atoms with Crippen molar-refractivity contribution in [1.82, 2.24) is 4.90 Å². The molecule has 0 aromatic heterocycles. The van der Waals surface area contributed by atoms with Crippen molar-refractivity contribution < 1.29 is 9.59 Å². The maximum Gasteiger partial charge on any atom is 0.242 e. The molecule has 0 bridgehead atoms. The summed E-state index contributed by atoms with van der Waals surface area (Å²) in [7, 11) is 0. The highest BCUT2D eigenvalue weighted by molar-refractivity contribution is 5.94. The number of hydrogen-bond donors (Lipinski definition) is 1. The van der Waals surface area contributed by atoms with E-state index in [1.54, 1.807) is 12.1 Å². The molecule has 0 saturated carbocycles. The number of hydrogen-bond acceptors (Lipinski definition) is 3. The third kappa shape index (κ3) is 4.95. The molecule has 24 heavy (non-hydrogen) atoms. The molecule has 1 N–H and O–H groups in total. The summed E-state index contributed by atoms with van der Waals surface area (Å²) >= 11 is 0. The second-order valence-electron chi connectivity index (χ2n) is 6.09. The zero-order chi connectivity index (χ0) is 17.5. The molecule has 0 heterocycles. The number of carbonyl (C=O) groups excluding carboxylic acids is 2. The van der Waals surface area contributed by atoms with Crippen LogP contribution >= 0.6 is 0 Å². The van der Waals surface area contributed by atoms with Crippen molar-refractivity contribution in [3.8, 4) is 0 Å². The maximum absolute atomic E-state index is 12.5. The number of ketones is 1. The fourth-order valence-electron chi connectivity index (χ4n) is 2.44. The van der Waals surface area contributed by atoms with Gasteiger partial charge in [-0.1, -0.05) is 30.3 Å². The molecule has 0 atom stereocenters. The average Bonchev–Trinajstić information content (AvgIpc) is 2.58. The van der Waals surface area contributed by atoms with Gasteiger partial charge in [0, 0.05) is 23.8 Å². The van der Waals surface area contributed by atoms with Gasteiger partial charge in [-0.05, 0) is 50.6 Å². The molecule has 2 rings (SSSR count). The summed E-state index contributed by atoms with van der Waals surface area (Å²) in [5, 5.41) is 3.13. The van der Waals surface area contributed by atoms with E-state index in [0.29, 0.717) is 12.1 Å². The van der Waals surface area contributed by atoms with E-state index >= 15 is 0 Å². The van der Waals surface area contributed by atoms with Gasteiger partial charge in [0.1, 0.15) is 0 Å². The quantitative estimate of drug-likeness (QED) is 0.789. The van der Waals surface area contributed by atoms with Gasteiger partial charge in [-0.3, -0.25) is 9.59 Å². The van der Waals surface area contributed by atoms with Gasteiger partial charge in [-0.2, -0.15) is 0 Å². The molecule has 2 aromatic rings. The monoisotopic (exact) mass is 324 g/mol. The molecule has 0 aliphatic rings. The normalized spacial score (nSPS) is 10.5. The summed E-state index contributed by atoms with van der Waals surface area (Å²) in [5.74, 6) is 0.0796. The molecule has 0 fully saturated rings. The van der Waals surface area contributed by atoms with Gasteiger partial charge in [0.2, 0.25) is 5.91 Å². The van der Waals surface area contributed by atoms with Gasteiger partial charge < -0.3 is 10.2 Å². The predicted molar refractivity (Wildman–Crippen MR) is 97.1 cm³/mol. The van der Waals surface area contributed by atoms with Gasteiger partial charge in [-0.15, -0.1) is 0 Å². The Hall–Kier alpha value is -2.62. The fraction of sp³-hybridized carbons (Fsp3) is 0.300.